The van der Waals surface area contributed by atoms with Crippen molar-refractivity contribution in [3.05, 3.63) is 18.2 Å². The van der Waals surface area contributed by atoms with E-state index >= 15 is 0 Å². The van der Waals surface area contributed by atoms with Gasteiger partial charge in [0.15, 0.2) is 11.5 Å². The van der Waals surface area contributed by atoms with Crippen LogP contribution in [-0.2, 0) is 0 Å². The summed E-state index contributed by atoms with van der Waals surface area (Å²) in [4.78, 5) is 0. The zero-order valence-electron chi connectivity index (χ0n) is 9.70. The van der Waals surface area contributed by atoms with E-state index in [0.717, 1.165) is 0 Å². The molecule has 0 saturated carbocycles. The van der Waals surface area contributed by atoms with Crippen molar-refractivity contribution < 1.29 is 23.4 Å². The average molecular weight is 282 g/mol. The average Bonchev–Trinajstić information content (AvgIpc) is 2.35. The summed E-state index contributed by atoms with van der Waals surface area (Å²) >= 11 is 5.43. The Hall–Kier alpha value is -1.27. The molecule has 4 nitrogen and oxygen atoms in total. The van der Waals surface area contributed by atoms with E-state index in [2.05, 4.69) is 10.1 Å². The molecule has 18 heavy (non-hydrogen) atoms. The predicted octanol–water partition coefficient (Wildman–Crippen LogP) is 2.31. The van der Waals surface area contributed by atoms with Gasteiger partial charge in [-0.25, -0.2) is 0 Å². The third kappa shape index (κ3) is 4.54. The highest BCUT2D eigenvalue weighted by Gasteiger charge is 2.11. The number of alkyl halides is 3. The molecule has 1 rings (SSSR count). The molecular weight excluding hydrogens is 268 g/mol. The lowest BCUT2D eigenvalue weighted by Gasteiger charge is -2.14. The molecule has 1 aromatic carbocycles. The first-order valence-electron chi connectivity index (χ1n) is 5.17. The summed E-state index contributed by atoms with van der Waals surface area (Å²) in [6.07, 6.45) is -0.715. The van der Waals surface area contributed by atoms with Crippen molar-refractivity contribution in [1.29, 1.82) is 0 Å². The predicted molar refractivity (Wildman–Crippen MR) is 64.8 cm³/mol. The Morgan fingerprint density at radius 2 is 2.11 bits per heavy atom. The third-order valence-corrected chi connectivity index (χ3v) is 2.46. The number of ether oxygens (including phenoxy) is 2. The molecule has 0 fully saturated rings. The van der Waals surface area contributed by atoms with Crippen LogP contribution in [-0.4, -0.2) is 37.4 Å². The minimum Gasteiger partial charge on any atom is -0.493 e. The summed E-state index contributed by atoms with van der Waals surface area (Å²) in [5.41, 5.74) is 0.524. The summed E-state index contributed by atoms with van der Waals surface area (Å²) in [6, 6.07) is 4.48. The Labute approximate surface area is 108 Å². The van der Waals surface area contributed by atoms with E-state index in [1.54, 1.807) is 6.07 Å². The molecule has 0 aromatic heterocycles. The minimum absolute atomic E-state index is 0.0714. The van der Waals surface area contributed by atoms with E-state index in [4.69, 9.17) is 16.3 Å². The first kappa shape index (κ1) is 14.8. The zero-order chi connectivity index (χ0) is 13.5. The molecule has 102 valence electrons. The molecule has 1 unspecified atom stereocenters. The van der Waals surface area contributed by atoms with Gasteiger partial charge in [-0.1, -0.05) is 0 Å². The molecule has 0 heterocycles. The number of aliphatic hydroxyl groups excluding tert-OH is 1. The Kier molecular flexibility index (Phi) is 5.94. The van der Waals surface area contributed by atoms with Gasteiger partial charge in [0.05, 0.1) is 19.1 Å². The van der Waals surface area contributed by atoms with Crippen LogP contribution in [0.4, 0.5) is 14.5 Å². The van der Waals surface area contributed by atoms with Crippen LogP contribution >= 0.6 is 11.6 Å². The smallest absolute Gasteiger partial charge is 0.387 e. The second-order valence-electron chi connectivity index (χ2n) is 3.43. The molecule has 1 aromatic rings. The quantitative estimate of drug-likeness (QED) is 0.753. The number of halogens is 3. The maximum Gasteiger partial charge on any atom is 0.387 e. The molecule has 2 N–H and O–H groups in total. The standard InChI is InChI=1S/C11H14ClF2NO3/c1-17-9-3-2-7(15-6-8(16)5-12)4-10(9)18-11(13)14/h2-4,8,11,15-16H,5-6H2,1H3. The van der Waals surface area contributed by atoms with Crippen molar-refractivity contribution >= 4 is 17.3 Å². The van der Waals surface area contributed by atoms with Crippen LogP contribution in [0.2, 0.25) is 0 Å². The number of rotatable bonds is 7. The van der Waals surface area contributed by atoms with Crippen LogP contribution in [0.15, 0.2) is 18.2 Å². The lowest BCUT2D eigenvalue weighted by Crippen LogP contribution is -2.20. The SMILES string of the molecule is COc1ccc(NCC(O)CCl)cc1OC(F)F. The maximum absolute atomic E-state index is 12.2. The number of aliphatic hydroxyl groups is 1. The molecule has 0 bridgehead atoms. The number of nitrogens with one attached hydrogen (secondary N) is 1. The van der Waals surface area contributed by atoms with Crippen LogP contribution in [0.25, 0.3) is 0 Å². The Balaban J connectivity index is 2.75. The van der Waals surface area contributed by atoms with Crippen LogP contribution in [0.1, 0.15) is 0 Å². The second kappa shape index (κ2) is 7.23. The molecule has 1 atom stereocenters. The molecule has 0 saturated heterocycles. The summed E-state index contributed by atoms with van der Waals surface area (Å²) in [5, 5.41) is 12.1. The van der Waals surface area contributed by atoms with Crippen molar-refractivity contribution in [3.63, 3.8) is 0 Å². The Morgan fingerprint density at radius 3 is 2.67 bits per heavy atom. The van der Waals surface area contributed by atoms with E-state index in [9.17, 15) is 13.9 Å². The van der Waals surface area contributed by atoms with Crippen molar-refractivity contribution in [2.45, 2.75) is 12.7 Å². The monoisotopic (exact) mass is 281 g/mol. The van der Waals surface area contributed by atoms with Gasteiger partial charge in [0, 0.05) is 18.3 Å². The fourth-order valence-electron chi connectivity index (χ4n) is 1.26. The number of hydrogen-bond acceptors (Lipinski definition) is 4. The molecule has 0 aliphatic heterocycles. The molecule has 7 heteroatoms. The molecule has 0 spiro atoms. The van der Waals surface area contributed by atoms with E-state index in [0.29, 0.717) is 5.69 Å². The van der Waals surface area contributed by atoms with Gasteiger partial charge in [0.25, 0.3) is 0 Å². The normalized spacial score (nSPS) is 12.3. The summed E-state index contributed by atoms with van der Waals surface area (Å²) < 4.78 is 33.6. The van der Waals surface area contributed by atoms with E-state index in [-0.39, 0.29) is 23.9 Å². The van der Waals surface area contributed by atoms with Crippen LogP contribution in [0.5, 0.6) is 11.5 Å². The van der Waals surface area contributed by atoms with Gasteiger partial charge in [-0.3, -0.25) is 0 Å². The number of hydrogen-bond donors (Lipinski definition) is 2. The van der Waals surface area contributed by atoms with Crippen LogP contribution in [0.3, 0.4) is 0 Å². The fraction of sp³-hybridized carbons (Fsp3) is 0.455. The van der Waals surface area contributed by atoms with Crippen molar-refractivity contribution in [1.82, 2.24) is 0 Å². The first-order chi connectivity index (χ1) is 8.56. The minimum atomic E-state index is -2.93. The van der Waals surface area contributed by atoms with Gasteiger partial charge < -0.3 is 19.9 Å². The summed E-state index contributed by atoms with van der Waals surface area (Å²) in [7, 11) is 1.36. The molecule has 0 aliphatic rings. The topological polar surface area (TPSA) is 50.7 Å². The van der Waals surface area contributed by atoms with Crippen molar-refractivity contribution in [2.24, 2.45) is 0 Å². The summed E-state index contributed by atoms with van der Waals surface area (Å²) in [5.74, 6) is 0.223. The van der Waals surface area contributed by atoms with Crippen molar-refractivity contribution in [3.8, 4) is 11.5 Å². The third-order valence-electron chi connectivity index (χ3n) is 2.10. The van der Waals surface area contributed by atoms with E-state index < -0.39 is 12.7 Å². The highest BCUT2D eigenvalue weighted by molar-refractivity contribution is 6.18. The maximum atomic E-state index is 12.2. The largest absolute Gasteiger partial charge is 0.493 e. The first-order valence-corrected chi connectivity index (χ1v) is 5.71. The summed E-state index contributed by atoms with van der Waals surface area (Å²) in [6.45, 7) is -2.72. The highest BCUT2D eigenvalue weighted by Crippen LogP contribution is 2.31. The highest BCUT2D eigenvalue weighted by atomic mass is 35.5. The van der Waals surface area contributed by atoms with E-state index in [1.807, 2.05) is 0 Å². The lowest BCUT2D eigenvalue weighted by atomic mass is 10.2. The molecular formula is C11H14ClF2NO3. The van der Waals surface area contributed by atoms with Gasteiger partial charge in [-0.05, 0) is 12.1 Å². The van der Waals surface area contributed by atoms with Gasteiger partial charge in [-0.2, -0.15) is 8.78 Å². The molecule has 0 radical (unpaired) electrons. The van der Waals surface area contributed by atoms with E-state index in [1.165, 1.54) is 19.2 Å². The number of benzene rings is 1. The Morgan fingerprint density at radius 1 is 1.39 bits per heavy atom. The van der Waals surface area contributed by atoms with Gasteiger partial charge >= 0.3 is 6.61 Å². The molecule has 0 amide bonds. The van der Waals surface area contributed by atoms with Crippen molar-refractivity contribution in [2.75, 3.05) is 24.9 Å². The van der Waals surface area contributed by atoms with Crippen LogP contribution < -0.4 is 14.8 Å². The number of anilines is 1. The van der Waals surface area contributed by atoms with Gasteiger partial charge in [0.2, 0.25) is 0 Å². The van der Waals surface area contributed by atoms with Gasteiger partial charge in [-0.15, -0.1) is 11.6 Å². The fourth-order valence-corrected chi connectivity index (χ4v) is 1.37. The number of methoxy groups -OCH3 is 1. The zero-order valence-corrected chi connectivity index (χ0v) is 10.5. The second-order valence-corrected chi connectivity index (χ2v) is 3.74. The Bertz CT molecular complexity index is 379. The molecule has 0 aliphatic carbocycles. The van der Waals surface area contributed by atoms with Gasteiger partial charge in [0.1, 0.15) is 0 Å². The lowest BCUT2D eigenvalue weighted by molar-refractivity contribution is -0.0511. The van der Waals surface area contributed by atoms with Crippen LogP contribution in [0, 0.1) is 0 Å².